The highest BCUT2D eigenvalue weighted by molar-refractivity contribution is 5.89. The van der Waals surface area contributed by atoms with Crippen LogP contribution in [0.3, 0.4) is 0 Å². The number of carbonyl (C=O) groups excluding carboxylic acids is 2. The lowest BCUT2D eigenvalue weighted by atomic mass is 10.2. The highest BCUT2D eigenvalue weighted by atomic mass is 16.5. The van der Waals surface area contributed by atoms with Crippen molar-refractivity contribution >= 4 is 29.4 Å². The van der Waals surface area contributed by atoms with Gasteiger partial charge in [-0.3, -0.25) is 9.59 Å². The van der Waals surface area contributed by atoms with Crippen LogP contribution in [0.4, 0.5) is 11.4 Å². The Morgan fingerprint density at radius 3 is 2.56 bits per heavy atom. The number of methoxy groups -OCH3 is 1. The number of anilines is 2. The van der Waals surface area contributed by atoms with Crippen LogP contribution in [-0.4, -0.2) is 31.7 Å². The van der Waals surface area contributed by atoms with Crippen molar-refractivity contribution in [1.82, 2.24) is 5.43 Å². The van der Waals surface area contributed by atoms with Crippen molar-refractivity contribution in [1.29, 1.82) is 0 Å². The highest BCUT2D eigenvalue weighted by Crippen LogP contribution is 2.16. The Morgan fingerprint density at radius 2 is 1.88 bits per heavy atom. The van der Waals surface area contributed by atoms with Gasteiger partial charge >= 0.3 is 0 Å². The van der Waals surface area contributed by atoms with Gasteiger partial charge in [0.05, 0.1) is 19.9 Å². The maximum absolute atomic E-state index is 11.8. The third-order valence-corrected chi connectivity index (χ3v) is 3.16. The molecular weight excluding hydrogens is 320 g/mol. The average Bonchev–Trinajstić information content (AvgIpc) is 2.61. The standard InChI is InChI=1S/C18H20N4O3/c1-13(23)21-15-8-6-14(7-9-15)11-20-22-18(24)12-19-16-4-3-5-17(10-16)25-2/h3-11,19H,12H2,1-2H3,(H,21,23)(H,22,24)/b20-11-. The molecule has 0 aliphatic heterocycles. The molecule has 0 unspecified atom stereocenters. The molecule has 0 atom stereocenters. The van der Waals surface area contributed by atoms with Crippen LogP contribution in [0.25, 0.3) is 0 Å². The van der Waals surface area contributed by atoms with Crippen molar-refractivity contribution < 1.29 is 14.3 Å². The third-order valence-electron chi connectivity index (χ3n) is 3.16. The van der Waals surface area contributed by atoms with Gasteiger partial charge in [0.15, 0.2) is 0 Å². The van der Waals surface area contributed by atoms with Gasteiger partial charge in [-0.05, 0) is 29.8 Å². The first-order valence-corrected chi connectivity index (χ1v) is 7.64. The molecule has 0 fully saturated rings. The zero-order valence-corrected chi connectivity index (χ0v) is 14.1. The first kappa shape index (κ1) is 18.0. The van der Waals surface area contributed by atoms with E-state index in [4.69, 9.17) is 4.74 Å². The Morgan fingerprint density at radius 1 is 1.12 bits per heavy atom. The van der Waals surface area contributed by atoms with Crippen LogP contribution in [-0.2, 0) is 9.59 Å². The fourth-order valence-electron chi connectivity index (χ4n) is 1.99. The van der Waals surface area contributed by atoms with Gasteiger partial charge in [-0.1, -0.05) is 18.2 Å². The maximum Gasteiger partial charge on any atom is 0.259 e. The van der Waals surface area contributed by atoms with E-state index in [1.54, 1.807) is 37.4 Å². The topological polar surface area (TPSA) is 91.8 Å². The number of carbonyl (C=O) groups is 2. The molecular formula is C18H20N4O3. The normalized spacial score (nSPS) is 10.3. The number of nitrogens with one attached hydrogen (secondary N) is 3. The van der Waals surface area contributed by atoms with Crippen LogP contribution in [0.1, 0.15) is 12.5 Å². The molecule has 0 radical (unpaired) electrons. The molecule has 25 heavy (non-hydrogen) atoms. The smallest absolute Gasteiger partial charge is 0.259 e. The minimum Gasteiger partial charge on any atom is -0.497 e. The first-order valence-electron chi connectivity index (χ1n) is 7.64. The van der Waals surface area contributed by atoms with E-state index >= 15 is 0 Å². The number of benzene rings is 2. The molecule has 2 aromatic rings. The molecule has 3 N–H and O–H groups in total. The molecule has 130 valence electrons. The van der Waals surface area contributed by atoms with Crippen molar-refractivity contribution in [3.63, 3.8) is 0 Å². The summed E-state index contributed by atoms with van der Waals surface area (Å²) in [7, 11) is 1.59. The second kappa shape index (κ2) is 9.07. The molecule has 0 bridgehead atoms. The van der Waals surface area contributed by atoms with E-state index in [1.807, 2.05) is 18.2 Å². The fourth-order valence-corrected chi connectivity index (χ4v) is 1.99. The largest absolute Gasteiger partial charge is 0.497 e. The summed E-state index contributed by atoms with van der Waals surface area (Å²) in [5, 5.41) is 9.57. The van der Waals surface area contributed by atoms with Crippen LogP contribution < -0.4 is 20.8 Å². The summed E-state index contributed by atoms with van der Waals surface area (Å²) in [5.41, 5.74) is 4.73. The number of ether oxygens (including phenoxy) is 1. The average molecular weight is 340 g/mol. The molecule has 2 amide bonds. The Kier molecular flexibility index (Phi) is 6.53. The van der Waals surface area contributed by atoms with Gasteiger partial charge in [0.2, 0.25) is 5.91 Å². The lowest BCUT2D eigenvalue weighted by Gasteiger charge is -2.07. The Bertz CT molecular complexity index is 757. The summed E-state index contributed by atoms with van der Waals surface area (Å²) in [5.74, 6) is 0.317. The van der Waals surface area contributed by atoms with Crippen molar-refractivity contribution in [2.45, 2.75) is 6.92 Å². The molecule has 2 aromatic carbocycles. The van der Waals surface area contributed by atoms with E-state index < -0.39 is 0 Å². The van der Waals surface area contributed by atoms with E-state index in [-0.39, 0.29) is 18.4 Å². The second-order valence-electron chi connectivity index (χ2n) is 5.18. The number of hydrogen-bond acceptors (Lipinski definition) is 5. The van der Waals surface area contributed by atoms with Gasteiger partial charge in [-0.2, -0.15) is 5.10 Å². The van der Waals surface area contributed by atoms with Crippen molar-refractivity contribution in [2.24, 2.45) is 5.10 Å². The molecule has 0 spiro atoms. The molecule has 7 heteroatoms. The first-order chi connectivity index (χ1) is 12.1. The van der Waals surface area contributed by atoms with Crippen LogP contribution in [0, 0.1) is 0 Å². The summed E-state index contributed by atoms with van der Waals surface area (Å²) in [6, 6.07) is 14.4. The number of rotatable bonds is 7. The van der Waals surface area contributed by atoms with Crippen LogP contribution in [0.15, 0.2) is 53.6 Å². The summed E-state index contributed by atoms with van der Waals surface area (Å²) in [4.78, 5) is 22.7. The minimum absolute atomic E-state index is 0.0893. The quantitative estimate of drug-likeness (QED) is 0.532. The van der Waals surface area contributed by atoms with Gasteiger partial charge in [0.1, 0.15) is 5.75 Å². The molecule has 2 rings (SSSR count). The second-order valence-corrected chi connectivity index (χ2v) is 5.18. The van der Waals surface area contributed by atoms with E-state index in [0.717, 1.165) is 11.3 Å². The number of hydrogen-bond donors (Lipinski definition) is 3. The fraction of sp³-hybridized carbons (Fsp3) is 0.167. The van der Waals surface area contributed by atoms with Crippen LogP contribution in [0.5, 0.6) is 5.75 Å². The molecule has 0 saturated heterocycles. The lowest BCUT2D eigenvalue weighted by Crippen LogP contribution is -2.25. The molecule has 7 nitrogen and oxygen atoms in total. The monoisotopic (exact) mass is 340 g/mol. The van der Waals surface area contributed by atoms with E-state index in [9.17, 15) is 9.59 Å². The predicted octanol–water partition coefficient (Wildman–Crippen LogP) is 2.22. The predicted molar refractivity (Wildman–Crippen MR) is 98.0 cm³/mol. The Labute approximate surface area is 146 Å². The Hall–Kier alpha value is -3.35. The highest BCUT2D eigenvalue weighted by Gasteiger charge is 2.00. The van der Waals surface area contributed by atoms with E-state index in [2.05, 4.69) is 21.2 Å². The zero-order valence-electron chi connectivity index (χ0n) is 14.1. The number of hydrazone groups is 1. The summed E-state index contributed by atoms with van der Waals surface area (Å²) in [6.45, 7) is 1.54. The molecule has 0 aliphatic rings. The van der Waals surface area contributed by atoms with E-state index in [0.29, 0.717) is 11.4 Å². The third kappa shape index (κ3) is 6.34. The van der Waals surface area contributed by atoms with E-state index in [1.165, 1.54) is 13.1 Å². The van der Waals surface area contributed by atoms with Gasteiger partial charge < -0.3 is 15.4 Å². The van der Waals surface area contributed by atoms with Gasteiger partial charge in [-0.25, -0.2) is 5.43 Å². The maximum atomic E-state index is 11.8. The number of nitrogens with zero attached hydrogens (tertiary/aromatic N) is 1. The Balaban J connectivity index is 1.78. The van der Waals surface area contributed by atoms with Gasteiger partial charge in [0.25, 0.3) is 5.91 Å². The SMILES string of the molecule is COc1cccc(NCC(=O)N/N=C\c2ccc(NC(C)=O)cc2)c1. The summed E-state index contributed by atoms with van der Waals surface area (Å²) in [6.07, 6.45) is 1.53. The molecule has 0 aromatic heterocycles. The molecule has 0 saturated carbocycles. The van der Waals surface area contributed by atoms with Crippen LogP contribution in [0.2, 0.25) is 0 Å². The van der Waals surface area contributed by atoms with Crippen molar-refractivity contribution in [2.75, 3.05) is 24.3 Å². The summed E-state index contributed by atoms with van der Waals surface area (Å²) >= 11 is 0. The minimum atomic E-state index is -0.270. The van der Waals surface area contributed by atoms with Crippen molar-refractivity contribution in [3.8, 4) is 5.75 Å². The number of amides is 2. The van der Waals surface area contributed by atoms with Crippen LogP contribution >= 0.6 is 0 Å². The zero-order chi connectivity index (χ0) is 18.1. The van der Waals surface area contributed by atoms with Crippen molar-refractivity contribution in [3.05, 3.63) is 54.1 Å². The molecule has 0 aliphatic carbocycles. The van der Waals surface area contributed by atoms with Gasteiger partial charge in [-0.15, -0.1) is 0 Å². The lowest BCUT2D eigenvalue weighted by molar-refractivity contribution is -0.119. The van der Waals surface area contributed by atoms with Gasteiger partial charge in [0, 0.05) is 24.4 Å². The molecule has 0 heterocycles. The summed E-state index contributed by atoms with van der Waals surface area (Å²) < 4.78 is 5.12.